The molecule has 154 valence electrons. The van der Waals surface area contributed by atoms with Gasteiger partial charge in [0, 0.05) is 23.0 Å². The van der Waals surface area contributed by atoms with Crippen molar-refractivity contribution in [1.82, 2.24) is 4.98 Å². The highest BCUT2D eigenvalue weighted by Crippen LogP contribution is 2.36. The standard InChI is InChI=1S/C27H36N2/c1-8-22(24-14-13-18-11-9-10-12-23(18)29-24)25(28)19-15-20(26(2,3)4)17-21(16-19)27(5,6)7/h9-17,22,25H,8,28H2,1-7H3/t22?,25-/m0/s1. The lowest BCUT2D eigenvalue weighted by Crippen LogP contribution is -2.23. The first-order chi connectivity index (χ1) is 13.5. The number of para-hydroxylation sites is 1. The van der Waals surface area contributed by atoms with Crippen molar-refractivity contribution in [3.8, 4) is 0 Å². The van der Waals surface area contributed by atoms with Crippen molar-refractivity contribution in [2.45, 2.75) is 77.7 Å². The summed E-state index contributed by atoms with van der Waals surface area (Å²) < 4.78 is 0. The molecule has 0 spiro atoms. The fourth-order valence-corrected chi connectivity index (χ4v) is 3.88. The van der Waals surface area contributed by atoms with Crippen molar-refractivity contribution in [3.63, 3.8) is 0 Å². The number of benzene rings is 2. The van der Waals surface area contributed by atoms with Crippen LogP contribution in [0.3, 0.4) is 0 Å². The van der Waals surface area contributed by atoms with Gasteiger partial charge in [0.1, 0.15) is 0 Å². The molecule has 2 N–H and O–H groups in total. The molecule has 0 aliphatic rings. The average Bonchev–Trinajstić information content (AvgIpc) is 2.66. The Kier molecular flexibility index (Phi) is 5.87. The van der Waals surface area contributed by atoms with E-state index in [1.165, 1.54) is 22.1 Å². The van der Waals surface area contributed by atoms with Gasteiger partial charge >= 0.3 is 0 Å². The first-order valence-electron chi connectivity index (χ1n) is 10.8. The van der Waals surface area contributed by atoms with Crippen LogP contribution in [0.15, 0.2) is 54.6 Å². The number of hydrogen-bond donors (Lipinski definition) is 1. The number of hydrogen-bond acceptors (Lipinski definition) is 2. The molecule has 1 heterocycles. The second kappa shape index (κ2) is 7.91. The fraction of sp³-hybridized carbons (Fsp3) is 0.444. The van der Waals surface area contributed by atoms with Gasteiger partial charge in [0.25, 0.3) is 0 Å². The van der Waals surface area contributed by atoms with Gasteiger partial charge in [-0.2, -0.15) is 0 Å². The van der Waals surface area contributed by atoms with Crippen LogP contribution in [0, 0.1) is 0 Å². The topological polar surface area (TPSA) is 38.9 Å². The highest BCUT2D eigenvalue weighted by Gasteiger charge is 2.26. The number of nitrogens with zero attached hydrogens (tertiary/aromatic N) is 1. The molecule has 2 nitrogen and oxygen atoms in total. The van der Waals surface area contributed by atoms with E-state index in [9.17, 15) is 0 Å². The van der Waals surface area contributed by atoms with Crippen molar-refractivity contribution in [2.24, 2.45) is 5.73 Å². The van der Waals surface area contributed by atoms with Crippen LogP contribution in [0.25, 0.3) is 10.9 Å². The predicted octanol–water partition coefficient (Wildman–Crippen LogP) is 7.02. The van der Waals surface area contributed by atoms with Crippen molar-refractivity contribution in [1.29, 1.82) is 0 Å². The lowest BCUT2D eigenvalue weighted by atomic mass is 9.77. The van der Waals surface area contributed by atoms with Gasteiger partial charge in [-0.3, -0.25) is 4.98 Å². The molecule has 1 unspecified atom stereocenters. The minimum Gasteiger partial charge on any atom is -0.323 e. The number of rotatable bonds is 4. The maximum atomic E-state index is 6.91. The SMILES string of the molecule is CCC(c1ccc2ccccc2n1)[C@@H](N)c1cc(C(C)(C)C)cc(C(C)(C)C)c1. The zero-order valence-electron chi connectivity index (χ0n) is 19.1. The van der Waals surface area contributed by atoms with E-state index in [2.05, 4.69) is 97.0 Å². The molecule has 0 aliphatic carbocycles. The van der Waals surface area contributed by atoms with Crippen molar-refractivity contribution in [2.75, 3.05) is 0 Å². The molecule has 0 saturated carbocycles. The molecule has 0 fully saturated rings. The summed E-state index contributed by atoms with van der Waals surface area (Å²) in [6.07, 6.45) is 0.955. The van der Waals surface area contributed by atoms with E-state index in [0.29, 0.717) is 0 Å². The summed E-state index contributed by atoms with van der Waals surface area (Å²) >= 11 is 0. The van der Waals surface area contributed by atoms with E-state index in [1.807, 2.05) is 6.07 Å². The van der Waals surface area contributed by atoms with Gasteiger partial charge in [-0.1, -0.05) is 90.9 Å². The monoisotopic (exact) mass is 388 g/mol. The molecule has 0 aliphatic heterocycles. The number of fused-ring (bicyclic) bond motifs is 1. The largest absolute Gasteiger partial charge is 0.323 e. The van der Waals surface area contributed by atoms with Crippen LogP contribution in [0.5, 0.6) is 0 Å². The van der Waals surface area contributed by atoms with Gasteiger partial charge in [0.05, 0.1) is 5.52 Å². The Morgan fingerprint density at radius 2 is 1.41 bits per heavy atom. The molecule has 2 aromatic carbocycles. The molecule has 29 heavy (non-hydrogen) atoms. The van der Waals surface area contributed by atoms with Crippen LogP contribution in [0.1, 0.15) is 89.2 Å². The highest BCUT2D eigenvalue weighted by molar-refractivity contribution is 5.78. The molecule has 0 saturated heterocycles. The van der Waals surface area contributed by atoms with Crippen LogP contribution in [-0.4, -0.2) is 4.98 Å². The summed E-state index contributed by atoms with van der Waals surface area (Å²) in [5.41, 5.74) is 13.1. The predicted molar refractivity (Wildman–Crippen MR) is 126 cm³/mol. The Bertz CT molecular complexity index is 957. The number of aromatic nitrogens is 1. The van der Waals surface area contributed by atoms with E-state index in [1.54, 1.807) is 0 Å². The number of pyridine rings is 1. The summed E-state index contributed by atoms with van der Waals surface area (Å²) in [5, 5.41) is 1.17. The van der Waals surface area contributed by atoms with Gasteiger partial charge in [-0.25, -0.2) is 0 Å². The van der Waals surface area contributed by atoms with E-state index >= 15 is 0 Å². The molecule has 0 amide bonds. The summed E-state index contributed by atoms with van der Waals surface area (Å²) in [4.78, 5) is 4.96. The maximum Gasteiger partial charge on any atom is 0.0705 e. The molecular formula is C27H36N2. The van der Waals surface area contributed by atoms with Crippen LogP contribution < -0.4 is 5.73 Å². The number of nitrogens with two attached hydrogens (primary N) is 1. The molecule has 3 rings (SSSR count). The Morgan fingerprint density at radius 1 is 0.828 bits per heavy atom. The molecule has 2 atom stereocenters. The fourth-order valence-electron chi connectivity index (χ4n) is 3.88. The van der Waals surface area contributed by atoms with E-state index in [-0.39, 0.29) is 22.8 Å². The lowest BCUT2D eigenvalue weighted by molar-refractivity contribution is 0.519. The zero-order valence-corrected chi connectivity index (χ0v) is 19.1. The highest BCUT2D eigenvalue weighted by atomic mass is 14.7. The summed E-state index contributed by atoms with van der Waals surface area (Å²) in [5.74, 6) is 0.183. The van der Waals surface area contributed by atoms with E-state index in [0.717, 1.165) is 17.6 Å². The minimum atomic E-state index is -0.0861. The van der Waals surface area contributed by atoms with Crippen LogP contribution >= 0.6 is 0 Å². The molecular weight excluding hydrogens is 352 g/mol. The van der Waals surface area contributed by atoms with Gasteiger partial charge in [0.15, 0.2) is 0 Å². The van der Waals surface area contributed by atoms with E-state index in [4.69, 9.17) is 10.7 Å². The smallest absolute Gasteiger partial charge is 0.0705 e. The Hall–Kier alpha value is -2.19. The second-order valence-corrected chi connectivity index (χ2v) is 10.3. The Balaban J connectivity index is 2.07. The summed E-state index contributed by atoms with van der Waals surface area (Å²) in [7, 11) is 0. The zero-order chi connectivity index (χ0) is 21.4. The van der Waals surface area contributed by atoms with Gasteiger partial charge in [0.2, 0.25) is 0 Å². The van der Waals surface area contributed by atoms with Gasteiger partial charge in [-0.05, 0) is 46.1 Å². The normalized spacial score (nSPS) is 14.8. The molecule has 2 heteroatoms. The quantitative estimate of drug-likeness (QED) is 0.521. The van der Waals surface area contributed by atoms with Gasteiger partial charge < -0.3 is 5.73 Å². The molecule has 3 aromatic rings. The van der Waals surface area contributed by atoms with Crippen molar-refractivity contribution in [3.05, 3.63) is 77.0 Å². The van der Waals surface area contributed by atoms with E-state index < -0.39 is 0 Å². The van der Waals surface area contributed by atoms with Crippen LogP contribution in [0.2, 0.25) is 0 Å². The third-order valence-electron chi connectivity index (χ3n) is 5.95. The molecule has 0 bridgehead atoms. The Morgan fingerprint density at radius 3 is 1.97 bits per heavy atom. The first-order valence-corrected chi connectivity index (χ1v) is 10.8. The van der Waals surface area contributed by atoms with Crippen LogP contribution in [-0.2, 0) is 10.8 Å². The second-order valence-electron chi connectivity index (χ2n) is 10.3. The Labute approximate surface area is 176 Å². The minimum absolute atomic E-state index is 0.0820. The first kappa shape index (κ1) is 21.5. The lowest BCUT2D eigenvalue weighted by Gasteiger charge is -2.29. The van der Waals surface area contributed by atoms with Gasteiger partial charge in [-0.15, -0.1) is 0 Å². The maximum absolute atomic E-state index is 6.91. The van der Waals surface area contributed by atoms with Crippen molar-refractivity contribution < 1.29 is 0 Å². The summed E-state index contributed by atoms with van der Waals surface area (Å²) in [6.45, 7) is 15.8. The average molecular weight is 389 g/mol. The third-order valence-corrected chi connectivity index (χ3v) is 5.95. The molecule has 0 radical (unpaired) electrons. The van der Waals surface area contributed by atoms with Crippen molar-refractivity contribution >= 4 is 10.9 Å². The van der Waals surface area contributed by atoms with Crippen LogP contribution in [0.4, 0.5) is 0 Å². The summed E-state index contributed by atoms with van der Waals surface area (Å²) in [6, 6.07) is 19.5. The third kappa shape index (κ3) is 4.70. The molecule has 1 aromatic heterocycles.